The number of alkyl halides is 3. The zero-order valence-electron chi connectivity index (χ0n) is 9.60. The Balaban J connectivity index is 3.13. The molecule has 0 unspecified atom stereocenters. The van der Waals surface area contributed by atoms with Gasteiger partial charge in [-0.15, -0.1) is 0 Å². The third kappa shape index (κ3) is 3.99. The first-order valence-electron chi connectivity index (χ1n) is 4.82. The van der Waals surface area contributed by atoms with Gasteiger partial charge in [0.1, 0.15) is 4.90 Å². The molecular weight excluding hydrogens is 283 g/mol. The van der Waals surface area contributed by atoms with Crippen LogP contribution in [0, 0.1) is 13.5 Å². The molecule has 4 nitrogen and oxygen atoms in total. The Bertz CT molecular complexity index is 625. The molecule has 0 bridgehead atoms. The largest absolute Gasteiger partial charge is 0.439 e. The predicted molar refractivity (Wildman–Crippen MR) is 60.2 cm³/mol. The second-order valence-electron chi connectivity index (χ2n) is 3.47. The first-order chi connectivity index (χ1) is 8.66. The van der Waals surface area contributed by atoms with Gasteiger partial charge < -0.3 is 4.18 Å². The van der Waals surface area contributed by atoms with Crippen LogP contribution in [0.3, 0.4) is 0 Å². The van der Waals surface area contributed by atoms with Crippen molar-refractivity contribution in [3.63, 3.8) is 0 Å². The van der Waals surface area contributed by atoms with Crippen LogP contribution < -0.4 is 0 Å². The lowest BCUT2D eigenvalue weighted by atomic mass is 10.2. The first kappa shape index (κ1) is 15.0. The van der Waals surface area contributed by atoms with Gasteiger partial charge in [-0.3, -0.25) is 0 Å². The zero-order chi connectivity index (χ0) is 14.7. The van der Waals surface area contributed by atoms with Crippen LogP contribution in [0.25, 0.3) is 4.85 Å². The lowest BCUT2D eigenvalue weighted by Gasteiger charge is -2.12. The Kier molecular flexibility index (Phi) is 4.21. The van der Waals surface area contributed by atoms with Crippen LogP contribution in [0.2, 0.25) is 0 Å². The van der Waals surface area contributed by atoms with Gasteiger partial charge >= 0.3 is 16.3 Å². The van der Waals surface area contributed by atoms with E-state index in [-0.39, 0.29) is 6.20 Å². The summed E-state index contributed by atoms with van der Waals surface area (Å²) < 4.78 is 64.4. The number of rotatable bonds is 3. The Morgan fingerprint density at radius 2 is 1.84 bits per heavy atom. The first-order valence-corrected chi connectivity index (χ1v) is 6.23. The lowest BCUT2D eigenvalue weighted by Crippen LogP contribution is -2.18. The quantitative estimate of drug-likeness (QED) is 0.488. The van der Waals surface area contributed by atoms with Gasteiger partial charge in [-0.1, -0.05) is 17.7 Å². The maximum absolute atomic E-state index is 12.4. The van der Waals surface area contributed by atoms with Crippen LogP contribution in [0.5, 0.6) is 0 Å². The van der Waals surface area contributed by atoms with E-state index in [1.165, 1.54) is 12.1 Å². The number of hydrogen-bond acceptors (Lipinski definition) is 3. The molecule has 0 fully saturated rings. The third-order valence-corrected chi connectivity index (χ3v) is 3.22. The molecule has 0 saturated carbocycles. The van der Waals surface area contributed by atoms with E-state index < -0.39 is 26.9 Å². The minimum Gasteiger partial charge on any atom is -0.386 e. The van der Waals surface area contributed by atoms with Gasteiger partial charge in [0.25, 0.3) is 0 Å². The molecule has 0 aliphatic rings. The summed E-state index contributed by atoms with van der Waals surface area (Å²) in [7, 11) is -4.61. The fraction of sp³-hybridized carbons (Fsp3) is 0.182. The Morgan fingerprint density at radius 1 is 1.32 bits per heavy atom. The van der Waals surface area contributed by atoms with E-state index in [0.717, 1.165) is 17.7 Å². The van der Waals surface area contributed by atoms with Crippen LogP contribution in [-0.4, -0.2) is 14.6 Å². The molecule has 1 aromatic rings. The van der Waals surface area contributed by atoms with Crippen molar-refractivity contribution in [2.24, 2.45) is 0 Å². The highest BCUT2D eigenvalue weighted by molar-refractivity contribution is 7.86. The van der Waals surface area contributed by atoms with Crippen LogP contribution in [-0.2, 0) is 14.3 Å². The molecule has 1 rings (SSSR count). The van der Waals surface area contributed by atoms with E-state index in [1.807, 2.05) is 0 Å². The normalized spacial score (nSPS) is 12.9. The molecule has 0 amide bonds. The molecule has 102 valence electrons. The van der Waals surface area contributed by atoms with Gasteiger partial charge in [-0.05, 0) is 19.1 Å². The minimum atomic E-state index is -5.05. The molecule has 0 aromatic heterocycles. The predicted octanol–water partition coefficient (Wildman–Crippen LogP) is 3.02. The average molecular weight is 291 g/mol. The number of nitrogens with zero attached hydrogens (tertiary/aromatic N) is 1. The Labute approximate surface area is 108 Å². The third-order valence-electron chi connectivity index (χ3n) is 1.97. The Morgan fingerprint density at radius 3 is 2.26 bits per heavy atom. The fourth-order valence-electron chi connectivity index (χ4n) is 1.07. The highest BCUT2D eigenvalue weighted by Crippen LogP contribution is 2.29. The molecule has 0 heterocycles. The van der Waals surface area contributed by atoms with E-state index in [0.29, 0.717) is 0 Å². The van der Waals surface area contributed by atoms with Crippen molar-refractivity contribution in [1.82, 2.24) is 0 Å². The standard InChI is InChI=1S/C11H8F3NO3S/c1-8-3-5-9(6-4-8)19(16,17)18-10(7-15-2)11(12,13)14/h3-7H,1H3/b10-7-. The van der Waals surface area contributed by atoms with E-state index in [1.54, 1.807) is 6.92 Å². The second kappa shape index (κ2) is 5.32. The van der Waals surface area contributed by atoms with Crippen LogP contribution in [0.1, 0.15) is 5.56 Å². The molecule has 0 atom stereocenters. The van der Waals surface area contributed by atoms with Gasteiger partial charge in [-0.25, -0.2) is 4.85 Å². The number of benzene rings is 1. The monoisotopic (exact) mass is 291 g/mol. The summed E-state index contributed by atoms with van der Waals surface area (Å²) in [5, 5.41) is 0. The van der Waals surface area contributed by atoms with Crippen molar-refractivity contribution in [3.8, 4) is 0 Å². The van der Waals surface area contributed by atoms with Crippen LogP contribution in [0.15, 0.2) is 41.1 Å². The summed E-state index contributed by atoms with van der Waals surface area (Å²) in [5.41, 5.74) is 0.742. The molecule has 0 spiro atoms. The molecule has 0 N–H and O–H groups in total. The molecule has 0 radical (unpaired) electrons. The van der Waals surface area contributed by atoms with Crippen molar-refractivity contribution >= 4 is 10.1 Å². The van der Waals surface area contributed by atoms with Crippen molar-refractivity contribution in [1.29, 1.82) is 0 Å². The van der Waals surface area contributed by atoms with Gasteiger partial charge in [0, 0.05) is 0 Å². The van der Waals surface area contributed by atoms with E-state index in [2.05, 4.69) is 9.03 Å². The molecule has 8 heteroatoms. The van der Waals surface area contributed by atoms with Gasteiger partial charge in [0.15, 0.2) is 0 Å². The molecule has 0 aliphatic carbocycles. The smallest absolute Gasteiger partial charge is 0.386 e. The molecule has 0 aliphatic heterocycles. The summed E-state index contributed by atoms with van der Waals surface area (Å²) in [4.78, 5) is 1.95. The summed E-state index contributed by atoms with van der Waals surface area (Å²) in [6.45, 7) is 8.02. The van der Waals surface area contributed by atoms with Crippen molar-refractivity contribution in [3.05, 3.63) is 53.2 Å². The number of hydrogen-bond donors (Lipinski definition) is 0. The van der Waals surface area contributed by atoms with E-state index in [4.69, 9.17) is 6.57 Å². The van der Waals surface area contributed by atoms with Crippen LogP contribution >= 0.6 is 0 Å². The van der Waals surface area contributed by atoms with Gasteiger partial charge in [-0.2, -0.15) is 21.6 Å². The highest BCUT2D eigenvalue weighted by Gasteiger charge is 2.39. The zero-order valence-corrected chi connectivity index (χ0v) is 10.4. The number of aryl methyl sites for hydroxylation is 1. The molecule has 19 heavy (non-hydrogen) atoms. The fourth-order valence-corrected chi connectivity index (χ4v) is 2.01. The van der Waals surface area contributed by atoms with Crippen molar-refractivity contribution in [2.75, 3.05) is 0 Å². The summed E-state index contributed by atoms with van der Waals surface area (Å²) in [5.74, 6) is -1.87. The number of halogens is 3. The second-order valence-corrected chi connectivity index (χ2v) is 5.02. The summed E-state index contributed by atoms with van der Waals surface area (Å²) in [6, 6.07) is 5.08. The summed E-state index contributed by atoms with van der Waals surface area (Å²) >= 11 is 0. The van der Waals surface area contributed by atoms with Gasteiger partial charge in [0.2, 0.25) is 12.0 Å². The topological polar surface area (TPSA) is 47.7 Å². The molecule has 1 aromatic carbocycles. The molecule has 0 saturated heterocycles. The lowest BCUT2D eigenvalue weighted by molar-refractivity contribution is -0.115. The van der Waals surface area contributed by atoms with Crippen LogP contribution in [0.4, 0.5) is 13.2 Å². The Hall–Kier alpha value is -2.01. The number of allylic oxidation sites excluding steroid dienone is 1. The average Bonchev–Trinajstić information content (AvgIpc) is 2.27. The summed E-state index contributed by atoms with van der Waals surface area (Å²) in [6.07, 6.45) is -5.08. The van der Waals surface area contributed by atoms with Crippen molar-refractivity contribution < 1.29 is 25.8 Å². The maximum Gasteiger partial charge on any atom is 0.439 e. The van der Waals surface area contributed by atoms with Crippen molar-refractivity contribution in [2.45, 2.75) is 18.0 Å². The van der Waals surface area contributed by atoms with E-state index >= 15 is 0 Å². The minimum absolute atomic E-state index is 0.0221. The van der Waals surface area contributed by atoms with E-state index in [9.17, 15) is 21.6 Å². The SMILES string of the molecule is [C-]#[N+]/C=C(\OS(=O)(=O)c1ccc(C)cc1)C(F)(F)F. The molecular formula is C11H8F3NO3S. The maximum atomic E-state index is 12.4. The van der Waals surface area contributed by atoms with Gasteiger partial charge in [0.05, 0.1) is 6.57 Å². The highest BCUT2D eigenvalue weighted by atomic mass is 32.2.